The van der Waals surface area contributed by atoms with Crippen molar-refractivity contribution in [1.29, 1.82) is 0 Å². The van der Waals surface area contributed by atoms with Gasteiger partial charge in [-0.15, -0.1) is 0 Å². The van der Waals surface area contributed by atoms with Crippen LogP contribution in [0.3, 0.4) is 0 Å². The molecule has 0 spiro atoms. The van der Waals surface area contributed by atoms with Crippen LogP contribution < -0.4 is 5.32 Å². The Balaban J connectivity index is 1.73. The maximum absolute atomic E-state index is 3.50. The molecule has 2 atom stereocenters. The van der Waals surface area contributed by atoms with Gasteiger partial charge in [-0.3, -0.25) is 0 Å². The molecule has 1 N–H and O–H groups in total. The molecule has 4 fully saturated rings. The minimum absolute atomic E-state index is 0.509. The van der Waals surface area contributed by atoms with Crippen molar-refractivity contribution in [3.8, 4) is 0 Å². The molecule has 1 aromatic carbocycles. The molecule has 108 valence electrons. The first-order valence-electron chi connectivity index (χ1n) is 8.35. The van der Waals surface area contributed by atoms with Crippen LogP contribution in [0.4, 0.5) is 0 Å². The van der Waals surface area contributed by atoms with Crippen LogP contribution in [0.5, 0.6) is 0 Å². The van der Waals surface area contributed by atoms with Crippen molar-refractivity contribution in [2.75, 3.05) is 13.6 Å². The van der Waals surface area contributed by atoms with Gasteiger partial charge in [-0.1, -0.05) is 29.8 Å². The standard InChI is InChI=1S/C19H27N/c1-14-3-5-17(6-4-14)19-10-15-7-16(11-19)9-18(8-15,12-19)13-20-2/h3-6,15-16,20H,7-13H2,1-2H3/t15-,16-,18?,19?/m1/s1. The fraction of sp³-hybridized carbons (Fsp3) is 0.684. The number of hydrogen-bond acceptors (Lipinski definition) is 1. The SMILES string of the molecule is CNCC12C[C@H]3C[C@H](C1)CC(c1ccc(C)cc1)(C3)C2. The highest BCUT2D eigenvalue weighted by Crippen LogP contribution is 2.65. The van der Waals surface area contributed by atoms with Gasteiger partial charge in [0, 0.05) is 6.54 Å². The van der Waals surface area contributed by atoms with E-state index in [0.29, 0.717) is 10.8 Å². The number of rotatable bonds is 3. The van der Waals surface area contributed by atoms with Crippen LogP contribution in [0.1, 0.15) is 49.7 Å². The first-order chi connectivity index (χ1) is 9.63. The van der Waals surface area contributed by atoms with Crippen LogP contribution >= 0.6 is 0 Å². The molecule has 4 aliphatic carbocycles. The molecule has 1 nitrogen and oxygen atoms in total. The molecular weight excluding hydrogens is 242 g/mol. The number of aryl methyl sites for hydroxylation is 1. The largest absolute Gasteiger partial charge is 0.319 e. The van der Waals surface area contributed by atoms with Crippen molar-refractivity contribution in [3.63, 3.8) is 0 Å². The zero-order chi connectivity index (χ0) is 13.8. The van der Waals surface area contributed by atoms with Crippen LogP contribution in [0.25, 0.3) is 0 Å². The summed E-state index contributed by atoms with van der Waals surface area (Å²) in [4.78, 5) is 0. The highest BCUT2D eigenvalue weighted by atomic mass is 14.8. The fourth-order valence-corrected chi connectivity index (χ4v) is 6.28. The van der Waals surface area contributed by atoms with Crippen molar-refractivity contribution in [2.24, 2.45) is 17.3 Å². The van der Waals surface area contributed by atoms with Crippen LogP contribution in [-0.4, -0.2) is 13.6 Å². The van der Waals surface area contributed by atoms with Gasteiger partial charge in [0.2, 0.25) is 0 Å². The van der Waals surface area contributed by atoms with Crippen LogP contribution in [0.15, 0.2) is 24.3 Å². The van der Waals surface area contributed by atoms with Crippen LogP contribution in [-0.2, 0) is 5.41 Å². The van der Waals surface area contributed by atoms with Crippen molar-refractivity contribution < 1.29 is 0 Å². The summed E-state index contributed by atoms with van der Waals surface area (Å²) in [6.45, 7) is 3.43. The van der Waals surface area contributed by atoms with Crippen LogP contribution in [0.2, 0.25) is 0 Å². The highest BCUT2D eigenvalue weighted by molar-refractivity contribution is 5.32. The van der Waals surface area contributed by atoms with Gasteiger partial charge in [-0.05, 0) is 80.7 Å². The van der Waals surface area contributed by atoms with E-state index in [0.717, 1.165) is 11.8 Å². The molecule has 5 rings (SSSR count). The van der Waals surface area contributed by atoms with Gasteiger partial charge in [0.15, 0.2) is 0 Å². The van der Waals surface area contributed by atoms with E-state index in [2.05, 4.69) is 43.6 Å². The van der Waals surface area contributed by atoms with E-state index in [1.807, 2.05) is 0 Å². The van der Waals surface area contributed by atoms with Crippen molar-refractivity contribution in [2.45, 2.75) is 50.9 Å². The maximum atomic E-state index is 3.50. The molecule has 20 heavy (non-hydrogen) atoms. The second kappa shape index (κ2) is 4.34. The molecule has 1 aromatic rings. The number of benzene rings is 1. The lowest BCUT2D eigenvalue weighted by atomic mass is 9.43. The third-order valence-corrected chi connectivity index (χ3v) is 6.40. The Kier molecular flexibility index (Phi) is 2.79. The average molecular weight is 269 g/mol. The molecule has 0 amide bonds. The van der Waals surface area contributed by atoms with Gasteiger partial charge in [-0.25, -0.2) is 0 Å². The Bertz CT molecular complexity index is 487. The minimum atomic E-state index is 0.509. The molecule has 4 bridgehead atoms. The molecule has 0 heterocycles. The quantitative estimate of drug-likeness (QED) is 0.873. The third-order valence-electron chi connectivity index (χ3n) is 6.40. The van der Waals surface area contributed by atoms with E-state index in [1.165, 1.54) is 50.6 Å². The van der Waals surface area contributed by atoms with Gasteiger partial charge in [0.1, 0.15) is 0 Å². The van der Waals surface area contributed by atoms with Crippen molar-refractivity contribution >= 4 is 0 Å². The molecule has 1 heteroatoms. The zero-order valence-electron chi connectivity index (χ0n) is 12.9. The fourth-order valence-electron chi connectivity index (χ4n) is 6.28. The summed E-state index contributed by atoms with van der Waals surface area (Å²) in [5.41, 5.74) is 4.14. The Morgan fingerprint density at radius 2 is 1.70 bits per heavy atom. The molecular formula is C19H27N. The molecule has 0 aromatic heterocycles. The number of nitrogens with one attached hydrogen (secondary N) is 1. The van der Waals surface area contributed by atoms with Crippen molar-refractivity contribution in [1.82, 2.24) is 5.32 Å². The Morgan fingerprint density at radius 3 is 2.30 bits per heavy atom. The predicted octanol–water partition coefficient (Wildman–Crippen LogP) is 4.05. The normalized spacial score (nSPS) is 42.1. The summed E-state index contributed by atoms with van der Waals surface area (Å²) < 4.78 is 0. The number of hydrogen-bond donors (Lipinski definition) is 1. The first-order valence-corrected chi connectivity index (χ1v) is 8.35. The Labute approximate surface area is 123 Å². The van der Waals surface area contributed by atoms with E-state index in [9.17, 15) is 0 Å². The Hall–Kier alpha value is -0.820. The lowest BCUT2D eigenvalue weighted by molar-refractivity contribution is -0.0699. The van der Waals surface area contributed by atoms with E-state index in [-0.39, 0.29) is 0 Å². The van der Waals surface area contributed by atoms with Gasteiger partial charge in [0.25, 0.3) is 0 Å². The lowest BCUT2D eigenvalue weighted by Crippen LogP contribution is -2.56. The zero-order valence-corrected chi connectivity index (χ0v) is 12.9. The molecule has 0 radical (unpaired) electrons. The second-order valence-electron chi connectivity index (χ2n) is 8.14. The van der Waals surface area contributed by atoms with E-state index >= 15 is 0 Å². The monoisotopic (exact) mass is 269 g/mol. The van der Waals surface area contributed by atoms with Gasteiger partial charge in [0.05, 0.1) is 0 Å². The molecule has 4 saturated carbocycles. The maximum Gasteiger partial charge on any atom is 0.000533 e. The van der Waals surface area contributed by atoms with Gasteiger partial charge in [-0.2, -0.15) is 0 Å². The van der Waals surface area contributed by atoms with Gasteiger partial charge >= 0.3 is 0 Å². The second-order valence-corrected chi connectivity index (χ2v) is 8.14. The van der Waals surface area contributed by atoms with Crippen molar-refractivity contribution in [3.05, 3.63) is 35.4 Å². The summed E-state index contributed by atoms with van der Waals surface area (Å²) in [7, 11) is 2.14. The molecule has 4 aliphatic rings. The highest BCUT2D eigenvalue weighted by Gasteiger charge is 2.57. The molecule has 0 unspecified atom stereocenters. The van der Waals surface area contributed by atoms with Crippen LogP contribution in [0, 0.1) is 24.2 Å². The molecule has 0 aliphatic heterocycles. The summed E-state index contributed by atoms with van der Waals surface area (Å²) in [5, 5.41) is 3.50. The summed E-state index contributed by atoms with van der Waals surface area (Å²) in [6, 6.07) is 9.49. The van der Waals surface area contributed by atoms with E-state index in [1.54, 1.807) is 5.56 Å². The van der Waals surface area contributed by atoms with E-state index in [4.69, 9.17) is 0 Å². The smallest absolute Gasteiger partial charge is 0.000533 e. The Morgan fingerprint density at radius 1 is 1.05 bits per heavy atom. The first kappa shape index (κ1) is 12.9. The summed E-state index contributed by atoms with van der Waals surface area (Å²) >= 11 is 0. The lowest BCUT2D eigenvalue weighted by Gasteiger charge is -2.62. The van der Waals surface area contributed by atoms with E-state index < -0.39 is 0 Å². The average Bonchev–Trinajstić information content (AvgIpc) is 2.37. The topological polar surface area (TPSA) is 12.0 Å². The molecule has 0 saturated heterocycles. The third kappa shape index (κ3) is 1.86. The predicted molar refractivity (Wildman–Crippen MR) is 83.9 cm³/mol. The minimum Gasteiger partial charge on any atom is -0.319 e. The summed E-state index contributed by atoms with van der Waals surface area (Å²) in [5.74, 6) is 1.98. The summed E-state index contributed by atoms with van der Waals surface area (Å²) in [6.07, 6.45) is 8.82. The van der Waals surface area contributed by atoms with Gasteiger partial charge < -0.3 is 5.32 Å².